The van der Waals surface area contributed by atoms with E-state index >= 15 is 0 Å². The van der Waals surface area contributed by atoms with Crippen LogP contribution in [0.15, 0.2) is 24.3 Å². The summed E-state index contributed by atoms with van der Waals surface area (Å²) in [7, 11) is 0. The quantitative estimate of drug-likeness (QED) is 0.602. The summed E-state index contributed by atoms with van der Waals surface area (Å²) in [5, 5.41) is 3.51. The number of nitrogens with zero attached hydrogens (tertiary/aromatic N) is 1. The lowest BCUT2D eigenvalue weighted by molar-refractivity contribution is 0.645. The molecule has 0 amide bonds. The Hall–Kier alpha value is -1.18. The maximum absolute atomic E-state index is 3.51. The third kappa shape index (κ3) is 6.00. The zero-order valence-corrected chi connectivity index (χ0v) is 12.9. The molecule has 0 heterocycles. The smallest absolute Gasteiger partial charge is 0.0367 e. The van der Waals surface area contributed by atoms with Gasteiger partial charge in [-0.15, -0.1) is 0 Å². The number of hydrogen-bond acceptors (Lipinski definition) is 2. The van der Waals surface area contributed by atoms with Gasteiger partial charge in [-0.25, -0.2) is 0 Å². The van der Waals surface area contributed by atoms with Crippen LogP contribution >= 0.6 is 0 Å². The van der Waals surface area contributed by atoms with Crippen LogP contribution in [0.1, 0.15) is 52.9 Å². The molecule has 1 aromatic rings. The first kappa shape index (κ1) is 15.9. The number of benzene rings is 1. The van der Waals surface area contributed by atoms with Crippen molar-refractivity contribution in [1.29, 1.82) is 0 Å². The lowest BCUT2D eigenvalue weighted by Crippen LogP contribution is -2.21. The van der Waals surface area contributed by atoms with E-state index in [1.54, 1.807) is 0 Å². The molecule has 0 aromatic heterocycles. The summed E-state index contributed by atoms with van der Waals surface area (Å²) < 4.78 is 0. The van der Waals surface area contributed by atoms with Gasteiger partial charge in [0.15, 0.2) is 0 Å². The first-order chi connectivity index (χ1) is 9.31. The predicted molar refractivity (Wildman–Crippen MR) is 87.3 cm³/mol. The molecule has 108 valence electrons. The zero-order chi connectivity index (χ0) is 13.9. The molecule has 0 aliphatic carbocycles. The molecule has 0 aliphatic heterocycles. The van der Waals surface area contributed by atoms with Crippen molar-refractivity contribution in [2.45, 2.75) is 52.9 Å². The molecule has 0 fully saturated rings. The second-order valence-electron chi connectivity index (χ2n) is 5.06. The molecule has 0 saturated heterocycles. The molecule has 1 aromatic carbocycles. The largest absolute Gasteiger partial charge is 0.385 e. The van der Waals surface area contributed by atoms with Crippen LogP contribution in [0.5, 0.6) is 0 Å². The Morgan fingerprint density at radius 1 is 0.842 bits per heavy atom. The van der Waals surface area contributed by atoms with Gasteiger partial charge in [0.1, 0.15) is 0 Å². The molecule has 2 nitrogen and oxygen atoms in total. The summed E-state index contributed by atoms with van der Waals surface area (Å²) in [6.45, 7) is 9.89. The molecule has 0 bridgehead atoms. The molecule has 19 heavy (non-hydrogen) atoms. The number of rotatable bonds is 10. The van der Waals surface area contributed by atoms with E-state index in [1.165, 1.54) is 43.5 Å². The van der Waals surface area contributed by atoms with Gasteiger partial charge in [0.2, 0.25) is 0 Å². The van der Waals surface area contributed by atoms with E-state index in [0.717, 1.165) is 19.6 Å². The maximum atomic E-state index is 3.51. The molecule has 0 aliphatic rings. The van der Waals surface area contributed by atoms with Crippen molar-refractivity contribution >= 4 is 11.4 Å². The van der Waals surface area contributed by atoms with Crippen molar-refractivity contribution in [3.05, 3.63) is 24.3 Å². The fourth-order valence-electron chi connectivity index (χ4n) is 2.34. The molecular formula is C17H30N2. The lowest BCUT2D eigenvalue weighted by Gasteiger charge is -2.21. The van der Waals surface area contributed by atoms with Crippen molar-refractivity contribution in [3.8, 4) is 0 Å². The van der Waals surface area contributed by atoms with Crippen LogP contribution in [0.3, 0.4) is 0 Å². The van der Waals surface area contributed by atoms with Gasteiger partial charge in [0.25, 0.3) is 0 Å². The SMILES string of the molecule is CCCCCCCNc1ccc(N(CC)CC)cc1. The highest BCUT2D eigenvalue weighted by Crippen LogP contribution is 2.17. The van der Waals surface area contributed by atoms with E-state index in [1.807, 2.05) is 0 Å². The van der Waals surface area contributed by atoms with Crippen LogP contribution < -0.4 is 10.2 Å². The summed E-state index contributed by atoms with van der Waals surface area (Å²) in [6, 6.07) is 8.82. The van der Waals surface area contributed by atoms with E-state index in [0.29, 0.717) is 0 Å². The zero-order valence-electron chi connectivity index (χ0n) is 12.9. The van der Waals surface area contributed by atoms with Crippen LogP contribution in [0, 0.1) is 0 Å². The van der Waals surface area contributed by atoms with Crippen LogP contribution in [0.2, 0.25) is 0 Å². The second kappa shape index (κ2) is 9.71. The van der Waals surface area contributed by atoms with Gasteiger partial charge in [-0.3, -0.25) is 0 Å². The predicted octanol–water partition coefficient (Wildman–Crippen LogP) is 4.92. The van der Waals surface area contributed by atoms with E-state index in [4.69, 9.17) is 0 Å². The van der Waals surface area contributed by atoms with Gasteiger partial charge in [0, 0.05) is 31.0 Å². The number of unbranched alkanes of at least 4 members (excludes halogenated alkanes) is 4. The van der Waals surface area contributed by atoms with Crippen molar-refractivity contribution in [3.63, 3.8) is 0 Å². The highest BCUT2D eigenvalue weighted by atomic mass is 15.1. The Bertz CT molecular complexity index is 315. The van der Waals surface area contributed by atoms with Gasteiger partial charge < -0.3 is 10.2 Å². The third-order valence-corrected chi connectivity index (χ3v) is 3.61. The maximum Gasteiger partial charge on any atom is 0.0367 e. The Kier molecular flexibility index (Phi) is 8.11. The van der Waals surface area contributed by atoms with Gasteiger partial charge in [0.05, 0.1) is 0 Å². The van der Waals surface area contributed by atoms with Crippen molar-refractivity contribution < 1.29 is 0 Å². The van der Waals surface area contributed by atoms with Crippen molar-refractivity contribution in [2.75, 3.05) is 29.9 Å². The first-order valence-corrected chi connectivity index (χ1v) is 7.90. The average Bonchev–Trinajstić information content (AvgIpc) is 2.45. The molecule has 0 saturated carbocycles. The molecule has 1 N–H and O–H groups in total. The van der Waals surface area contributed by atoms with Crippen LogP contribution in [-0.4, -0.2) is 19.6 Å². The minimum atomic E-state index is 1.07. The molecule has 0 atom stereocenters. The lowest BCUT2D eigenvalue weighted by atomic mass is 10.1. The molecule has 0 unspecified atom stereocenters. The summed E-state index contributed by atoms with van der Waals surface area (Å²) >= 11 is 0. The van der Waals surface area contributed by atoms with Gasteiger partial charge in [-0.1, -0.05) is 32.6 Å². The Morgan fingerprint density at radius 3 is 2.05 bits per heavy atom. The topological polar surface area (TPSA) is 15.3 Å². The standard InChI is InChI=1S/C17H30N2/c1-4-7-8-9-10-15-18-16-11-13-17(14-12-16)19(5-2)6-3/h11-14,18H,4-10,15H2,1-3H3. The van der Waals surface area contributed by atoms with E-state index < -0.39 is 0 Å². The number of hydrogen-bond donors (Lipinski definition) is 1. The van der Waals surface area contributed by atoms with Gasteiger partial charge in [-0.05, 0) is 44.5 Å². The molecule has 1 rings (SSSR count). The van der Waals surface area contributed by atoms with Crippen LogP contribution in [0.25, 0.3) is 0 Å². The minimum absolute atomic E-state index is 1.07. The van der Waals surface area contributed by atoms with Crippen molar-refractivity contribution in [2.24, 2.45) is 0 Å². The summed E-state index contributed by atoms with van der Waals surface area (Å²) in [4.78, 5) is 2.37. The molecular weight excluding hydrogens is 232 g/mol. The summed E-state index contributed by atoms with van der Waals surface area (Å²) in [5.74, 6) is 0. The van der Waals surface area contributed by atoms with E-state index in [-0.39, 0.29) is 0 Å². The number of nitrogens with one attached hydrogen (secondary N) is 1. The molecule has 0 radical (unpaired) electrons. The van der Waals surface area contributed by atoms with Crippen molar-refractivity contribution in [1.82, 2.24) is 0 Å². The minimum Gasteiger partial charge on any atom is -0.385 e. The fourth-order valence-corrected chi connectivity index (χ4v) is 2.34. The first-order valence-electron chi connectivity index (χ1n) is 7.90. The van der Waals surface area contributed by atoms with Crippen LogP contribution in [-0.2, 0) is 0 Å². The average molecular weight is 262 g/mol. The Labute approximate surface area is 119 Å². The fraction of sp³-hybridized carbons (Fsp3) is 0.647. The highest BCUT2D eigenvalue weighted by molar-refractivity contribution is 5.54. The Morgan fingerprint density at radius 2 is 1.47 bits per heavy atom. The third-order valence-electron chi connectivity index (χ3n) is 3.61. The normalized spacial score (nSPS) is 10.5. The molecule has 0 spiro atoms. The van der Waals surface area contributed by atoms with Crippen LogP contribution in [0.4, 0.5) is 11.4 Å². The number of anilines is 2. The van der Waals surface area contributed by atoms with E-state index in [9.17, 15) is 0 Å². The highest BCUT2D eigenvalue weighted by Gasteiger charge is 2.00. The van der Waals surface area contributed by atoms with Gasteiger partial charge in [-0.2, -0.15) is 0 Å². The van der Waals surface area contributed by atoms with Gasteiger partial charge >= 0.3 is 0 Å². The monoisotopic (exact) mass is 262 g/mol. The Balaban J connectivity index is 2.28. The molecule has 2 heteroatoms. The second-order valence-corrected chi connectivity index (χ2v) is 5.06. The van der Waals surface area contributed by atoms with E-state index in [2.05, 4.69) is 55.3 Å². The summed E-state index contributed by atoms with van der Waals surface area (Å²) in [5.41, 5.74) is 2.56. The summed E-state index contributed by atoms with van der Waals surface area (Å²) in [6.07, 6.45) is 6.69.